The van der Waals surface area contributed by atoms with Crippen LogP contribution in [0, 0.1) is 5.41 Å². The summed E-state index contributed by atoms with van der Waals surface area (Å²) in [5, 5.41) is 15.1. The lowest BCUT2D eigenvalue weighted by Gasteiger charge is -2.13. The van der Waals surface area contributed by atoms with Crippen LogP contribution in [0.1, 0.15) is 69.2 Å². The summed E-state index contributed by atoms with van der Waals surface area (Å²) < 4.78 is 11.0. The second-order valence-electron chi connectivity index (χ2n) is 17.1. The number of hydrogen-bond donors (Lipinski definition) is 2. The van der Waals surface area contributed by atoms with Crippen LogP contribution in [0.5, 0.6) is 0 Å². The smallest absolute Gasteiger partial charge is 0.143 e. The van der Waals surface area contributed by atoms with Crippen molar-refractivity contribution in [2.45, 2.75) is 59.8 Å². The number of nitrogens with zero attached hydrogens (tertiary/aromatic N) is 2. The minimum absolute atomic E-state index is 0.0744. The standard InChI is InChI=1S/C31H22N4.C23H22O.C8H10.C2H6/c32-31(33)20-14-16-22(17-15-20)35-28-13-7-5-11-24(28)26-19-18-25-23-10-4-6-12-27(23)34(29(25)30(26)35)21-8-2-1-3-9-21;1-2-3-9-17-14-15-20-21-13-8-12-19(23(21)24-22(20)16-17)18-10-6-4-5-7-11-18;1-2-8-6-4-3-5-7-8;1-2/h1-19H,(H3,32,33);4,6-8,10-16H,2-3,5,9H2,1H3;3-7H,2H2,1H3;1-2H3. The molecule has 1 aliphatic rings. The molecule has 0 radical (unpaired) electrons. The first-order valence-corrected chi connectivity index (χ1v) is 24.5. The molecule has 8 aromatic carbocycles. The molecule has 11 aromatic rings. The molecule has 5 heteroatoms. The van der Waals surface area contributed by atoms with Crippen LogP contribution in [-0.2, 0) is 12.8 Å². The molecule has 5 nitrogen and oxygen atoms in total. The number of fused-ring (bicyclic) bond motifs is 10. The number of nitrogens with two attached hydrogens (primary N) is 1. The third-order valence-corrected chi connectivity index (χ3v) is 12.8. The van der Waals surface area contributed by atoms with Crippen molar-refractivity contribution in [2.24, 2.45) is 5.73 Å². The van der Waals surface area contributed by atoms with Crippen LogP contribution in [0.15, 0.2) is 217 Å². The maximum Gasteiger partial charge on any atom is 0.143 e. The predicted molar refractivity (Wildman–Crippen MR) is 297 cm³/mol. The first-order chi connectivity index (χ1) is 34.0. The van der Waals surface area contributed by atoms with Crippen molar-refractivity contribution in [1.29, 1.82) is 5.41 Å². The predicted octanol–water partition coefficient (Wildman–Crippen LogP) is 17.3. The van der Waals surface area contributed by atoms with Gasteiger partial charge in [0.2, 0.25) is 0 Å². The molecular weight excluding hydrogens is 841 g/mol. The SMILES string of the molecule is CC.CCCCc1ccc2c(c1)oc1c(C3=CC=CCC=C3)cccc12.CCc1ccccc1.N=C(N)c1ccc(-n2c3ccccc3c3ccc4c5ccccc5n(-c5ccccc5)c4c32)cc1. The lowest BCUT2D eigenvalue weighted by molar-refractivity contribution is 0.666. The van der Waals surface area contributed by atoms with Gasteiger partial charge < -0.3 is 19.3 Å². The van der Waals surface area contributed by atoms with E-state index in [0.29, 0.717) is 0 Å². The number of para-hydroxylation sites is 4. The second kappa shape index (κ2) is 21.2. The molecule has 0 aliphatic heterocycles. The number of aromatic nitrogens is 2. The Hall–Kier alpha value is -8.15. The average Bonchev–Trinajstić information content (AvgIpc) is 3.98. The van der Waals surface area contributed by atoms with Crippen LogP contribution in [0.2, 0.25) is 0 Å². The topological polar surface area (TPSA) is 72.9 Å². The van der Waals surface area contributed by atoms with E-state index in [1.807, 2.05) is 32.0 Å². The summed E-state index contributed by atoms with van der Waals surface area (Å²) in [4.78, 5) is 0. The zero-order chi connectivity index (χ0) is 47.7. The minimum Gasteiger partial charge on any atom is -0.455 e. The van der Waals surface area contributed by atoms with Gasteiger partial charge in [-0.15, -0.1) is 0 Å². The third-order valence-electron chi connectivity index (χ3n) is 12.8. The molecule has 0 unspecified atom stereocenters. The maximum atomic E-state index is 7.80. The van der Waals surface area contributed by atoms with E-state index in [9.17, 15) is 0 Å². The van der Waals surface area contributed by atoms with E-state index in [2.05, 4.69) is 217 Å². The van der Waals surface area contributed by atoms with E-state index in [1.165, 1.54) is 84.0 Å². The first-order valence-electron chi connectivity index (χ1n) is 24.5. The van der Waals surface area contributed by atoms with Gasteiger partial charge in [-0.2, -0.15) is 0 Å². The number of nitrogen functional groups attached to an aromatic ring is 1. The van der Waals surface area contributed by atoms with Crippen molar-refractivity contribution in [2.75, 3.05) is 0 Å². The summed E-state index contributed by atoms with van der Waals surface area (Å²) in [6.45, 7) is 8.39. The normalized spacial score (nSPS) is 12.0. The summed E-state index contributed by atoms with van der Waals surface area (Å²) >= 11 is 0. The largest absolute Gasteiger partial charge is 0.455 e. The van der Waals surface area contributed by atoms with Crippen molar-refractivity contribution >= 4 is 77.0 Å². The highest BCUT2D eigenvalue weighted by atomic mass is 16.3. The lowest BCUT2D eigenvalue weighted by atomic mass is 10.0. The summed E-state index contributed by atoms with van der Waals surface area (Å²) in [5.74, 6) is 0.0744. The van der Waals surface area contributed by atoms with Gasteiger partial charge in [-0.25, -0.2) is 0 Å². The Morgan fingerprint density at radius 2 is 1.14 bits per heavy atom. The number of allylic oxidation sites excluding steroid dienone is 6. The molecule has 12 rings (SSSR count). The maximum absolute atomic E-state index is 7.80. The van der Waals surface area contributed by atoms with E-state index >= 15 is 0 Å². The van der Waals surface area contributed by atoms with Crippen LogP contribution in [-0.4, -0.2) is 15.0 Å². The highest BCUT2D eigenvalue weighted by Crippen LogP contribution is 2.42. The summed E-state index contributed by atoms with van der Waals surface area (Å²) in [7, 11) is 0. The molecule has 3 heterocycles. The van der Waals surface area contributed by atoms with Gasteiger partial charge in [0.15, 0.2) is 0 Å². The number of rotatable bonds is 8. The second-order valence-corrected chi connectivity index (χ2v) is 17.1. The van der Waals surface area contributed by atoms with Gasteiger partial charge in [0.1, 0.15) is 17.0 Å². The van der Waals surface area contributed by atoms with Crippen molar-refractivity contribution in [3.8, 4) is 11.4 Å². The van der Waals surface area contributed by atoms with Crippen LogP contribution >= 0.6 is 0 Å². The molecule has 342 valence electrons. The van der Waals surface area contributed by atoms with E-state index in [-0.39, 0.29) is 5.84 Å². The van der Waals surface area contributed by atoms with Crippen LogP contribution in [0.3, 0.4) is 0 Å². The number of furan rings is 1. The number of benzene rings is 8. The highest BCUT2D eigenvalue weighted by molar-refractivity contribution is 6.24. The molecule has 0 amide bonds. The Kier molecular flexibility index (Phi) is 14.1. The number of aryl methyl sites for hydroxylation is 2. The Labute approximate surface area is 405 Å². The number of hydrogen-bond acceptors (Lipinski definition) is 2. The molecule has 0 spiro atoms. The molecule has 69 heavy (non-hydrogen) atoms. The molecular formula is C64H60N4O. The molecule has 3 N–H and O–H groups in total. The van der Waals surface area contributed by atoms with Crippen LogP contribution < -0.4 is 5.73 Å². The van der Waals surface area contributed by atoms with E-state index in [0.717, 1.165) is 52.9 Å². The van der Waals surface area contributed by atoms with Gasteiger partial charge in [0, 0.05) is 54.8 Å². The Morgan fingerprint density at radius 1 is 0.565 bits per heavy atom. The molecule has 3 aromatic heterocycles. The van der Waals surface area contributed by atoms with Gasteiger partial charge in [0.05, 0.1) is 22.1 Å². The highest BCUT2D eigenvalue weighted by Gasteiger charge is 2.21. The summed E-state index contributed by atoms with van der Waals surface area (Å²) in [6.07, 6.45) is 16.5. The van der Waals surface area contributed by atoms with E-state index < -0.39 is 0 Å². The monoisotopic (exact) mass is 900 g/mol. The lowest BCUT2D eigenvalue weighted by Crippen LogP contribution is -2.10. The molecule has 0 atom stereocenters. The summed E-state index contributed by atoms with van der Waals surface area (Å²) in [6, 6.07) is 63.8. The summed E-state index contributed by atoms with van der Waals surface area (Å²) in [5.41, 5.74) is 20.5. The van der Waals surface area contributed by atoms with Crippen molar-refractivity contribution in [1.82, 2.24) is 9.13 Å². The molecule has 1 aliphatic carbocycles. The van der Waals surface area contributed by atoms with Crippen LogP contribution in [0.4, 0.5) is 0 Å². The van der Waals surface area contributed by atoms with E-state index in [1.54, 1.807) is 0 Å². The molecule has 0 bridgehead atoms. The van der Waals surface area contributed by atoms with Gasteiger partial charge in [-0.1, -0.05) is 192 Å². The molecule has 0 saturated heterocycles. The number of amidine groups is 1. The fourth-order valence-corrected chi connectivity index (χ4v) is 9.48. The average molecular weight is 901 g/mol. The van der Waals surface area contributed by atoms with Crippen LogP contribution in [0.25, 0.3) is 82.5 Å². The van der Waals surface area contributed by atoms with E-state index in [4.69, 9.17) is 15.6 Å². The van der Waals surface area contributed by atoms with Crippen molar-refractivity contribution < 1.29 is 4.42 Å². The Balaban J connectivity index is 0.000000150. The molecule has 0 fully saturated rings. The van der Waals surface area contributed by atoms with Crippen molar-refractivity contribution in [3.63, 3.8) is 0 Å². The van der Waals surface area contributed by atoms with Crippen molar-refractivity contribution in [3.05, 3.63) is 235 Å². The van der Waals surface area contributed by atoms with Gasteiger partial charge in [0.25, 0.3) is 0 Å². The quantitative estimate of drug-likeness (QED) is 0.118. The van der Waals surface area contributed by atoms with Gasteiger partial charge in [-0.05, 0) is 97.0 Å². The zero-order valence-electron chi connectivity index (χ0n) is 40.1. The van der Waals surface area contributed by atoms with Gasteiger partial charge in [-0.3, -0.25) is 5.41 Å². The zero-order valence-corrected chi connectivity index (χ0v) is 40.1. The number of nitrogens with one attached hydrogen (secondary N) is 1. The Bertz CT molecular complexity index is 3640. The Morgan fingerprint density at radius 3 is 1.75 bits per heavy atom. The first kappa shape index (κ1) is 46.0. The third kappa shape index (κ3) is 9.29. The molecule has 0 saturated carbocycles. The fraction of sp³-hybridized carbons (Fsp3) is 0.141. The number of unbranched alkanes of at least 4 members (excludes halogenated alkanes) is 1. The minimum atomic E-state index is 0.0744. The van der Waals surface area contributed by atoms with Gasteiger partial charge >= 0.3 is 0 Å². The fourth-order valence-electron chi connectivity index (χ4n) is 9.48.